The smallest absolute Gasteiger partial charge is 0.134 e. The minimum atomic E-state index is 0.683. The number of benzene rings is 1. The third-order valence-corrected chi connectivity index (χ3v) is 6.36. The lowest BCUT2D eigenvalue weighted by molar-refractivity contribution is 0.357. The number of nitrogens with two attached hydrogens (primary N) is 1. The Kier molecular flexibility index (Phi) is 6.11. The van der Waals surface area contributed by atoms with Crippen LogP contribution in [0.25, 0.3) is 11.1 Å². The fourth-order valence-electron chi connectivity index (χ4n) is 3.77. The second-order valence-corrected chi connectivity index (χ2v) is 9.00. The monoisotopic (exact) mass is 456 g/mol. The number of halogens is 1. The van der Waals surface area contributed by atoms with Crippen LogP contribution in [0, 0.1) is 0 Å². The van der Waals surface area contributed by atoms with E-state index in [1.165, 1.54) is 27.8 Å². The molecule has 1 aliphatic carbocycles. The molecule has 0 saturated heterocycles. The van der Waals surface area contributed by atoms with Crippen molar-refractivity contribution in [3.05, 3.63) is 67.9 Å². The number of rotatable bonds is 8. The summed E-state index contributed by atoms with van der Waals surface area (Å²) in [6.07, 6.45) is 1.84. The fourth-order valence-corrected chi connectivity index (χ4v) is 4.85. The molecule has 0 spiro atoms. The Morgan fingerprint density at radius 2 is 2.11 bits per heavy atom. The molecule has 4 nitrogen and oxygen atoms in total. The first kappa shape index (κ1) is 19.6. The quantitative estimate of drug-likeness (QED) is 0.413. The molecule has 0 amide bonds. The highest BCUT2D eigenvalue weighted by Gasteiger charge is 2.24. The number of likely N-dealkylation sites (N-methyl/N-ethyl adjacent to an activating group) is 1. The molecule has 28 heavy (non-hydrogen) atoms. The molecule has 4 rings (SSSR count). The number of hydrogen-bond donors (Lipinski definition) is 2. The van der Waals surface area contributed by atoms with Crippen molar-refractivity contribution in [2.45, 2.75) is 12.8 Å². The van der Waals surface area contributed by atoms with Crippen molar-refractivity contribution >= 4 is 33.1 Å². The minimum absolute atomic E-state index is 0.683. The van der Waals surface area contributed by atoms with Crippen molar-refractivity contribution in [2.24, 2.45) is 5.73 Å². The summed E-state index contributed by atoms with van der Waals surface area (Å²) >= 11 is 5.35. The van der Waals surface area contributed by atoms with Crippen LogP contribution < -0.4 is 11.1 Å². The van der Waals surface area contributed by atoms with Gasteiger partial charge < -0.3 is 16.0 Å². The van der Waals surface area contributed by atoms with Crippen LogP contribution in [0.15, 0.2) is 45.6 Å². The van der Waals surface area contributed by atoms with E-state index in [9.17, 15) is 0 Å². The van der Waals surface area contributed by atoms with Gasteiger partial charge in [-0.1, -0.05) is 22.0 Å². The van der Waals surface area contributed by atoms with Gasteiger partial charge in [0.15, 0.2) is 0 Å². The molecule has 3 aromatic rings. The van der Waals surface area contributed by atoms with Gasteiger partial charge in [-0.3, -0.25) is 0 Å². The van der Waals surface area contributed by atoms with Gasteiger partial charge in [-0.25, -0.2) is 4.98 Å². The van der Waals surface area contributed by atoms with Gasteiger partial charge >= 0.3 is 0 Å². The molecule has 0 saturated carbocycles. The van der Waals surface area contributed by atoms with Gasteiger partial charge in [0.2, 0.25) is 0 Å². The third kappa shape index (κ3) is 4.30. The Morgan fingerprint density at radius 3 is 2.89 bits per heavy atom. The van der Waals surface area contributed by atoms with Crippen molar-refractivity contribution in [1.29, 1.82) is 0 Å². The van der Waals surface area contributed by atoms with Crippen LogP contribution in [-0.2, 0) is 12.8 Å². The molecule has 2 heterocycles. The van der Waals surface area contributed by atoms with Crippen LogP contribution in [0.1, 0.15) is 22.4 Å². The van der Waals surface area contributed by atoms with E-state index in [4.69, 9.17) is 10.7 Å². The summed E-state index contributed by atoms with van der Waals surface area (Å²) in [7, 11) is 2.10. The SMILES string of the molecule is CN(CCN)CCNc1nc(Cc2ccsc2)cc2c1-c1ccc(Br)cc1C2. The number of aromatic nitrogens is 1. The zero-order chi connectivity index (χ0) is 19.5. The lowest BCUT2D eigenvalue weighted by Crippen LogP contribution is -2.30. The number of fused-ring (bicyclic) bond motifs is 3. The maximum atomic E-state index is 5.66. The molecule has 1 aliphatic rings. The van der Waals surface area contributed by atoms with Gasteiger partial charge in [0.1, 0.15) is 5.82 Å². The van der Waals surface area contributed by atoms with Gasteiger partial charge in [0.05, 0.1) is 0 Å². The van der Waals surface area contributed by atoms with E-state index in [1.54, 1.807) is 11.3 Å². The molecule has 1 aromatic carbocycles. The minimum Gasteiger partial charge on any atom is -0.368 e. The zero-order valence-electron chi connectivity index (χ0n) is 16.0. The lowest BCUT2D eigenvalue weighted by atomic mass is 10.0. The largest absolute Gasteiger partial charge is 0.368 e. The molecular weight excluding hydrogens is 432 g/mol. The van der Waals surface area contributed by atoms with Crippen molar-refractivity contribution in [1.82, 2.24) is 9.88 Å². The molecule has 2 aromatic heterocycles. The molecule has 0 atom stereocenters. The summed E-state index contributed by atoms with van der Waals surface area (Å²) in [6.45, 7) is 3.38. The van der Waals surface area contributed by atoms with Crippen molar-refractivity contribution in [3.63, 3.8) is 0 Å². The second-order valence-electron chi connectivity index (χ2n) is 7.30. The first-order valence-corrected chi connectivity index (χ1v) is 11.3. The summed E-state index contributed by atoms with van der Waals surface area (Å²) in [5, 5.41) is 7.94. The summed E-state index contributed by atoms with van der Waals surface area (Å²) in [5.74, 6) is 1.00. The molecular formula is C22H25BrN4S. The lowest BCUT2D eigenvalue weighted by Gasteiger charge is -2.18. The summed E-state index contributed by atoms with van der Waals surface area (Å²) in [4.78, 5) is 7.27. The molecule has 0 aliphatic heterocycles. The Labute approximate surface area is 178 Å². The Hall–Kier alpha value is -1.73. The van der Waals surface area contributed by atoms with E-state index in [0.29, 0.717) is 6.54 Å². The van der Waals surface area contributed by atoms with E-state index in [2.05, 4.69) is 74.3 Å². The Bertz CT molecular complexity index is 955. The van der Waals surface area contributed by atoms with Crippen LogP contribution in [0.3, 0.4) is 0 Å². The predicted octanol–water partition coefficient (Wildman–Crippen LogP) is 4.37. The van der Waals surface area contributed by atoms with E-state index < -0.39 is 0 Å². The first-order valence-electron chi connectivity index (χ1n) is 9.59. The van der Waals surface area contributed by atoms with Gasteiger partial charge in [-0.15, -0.1) is 0 Å². The highest BCUT2D eigenvalue weighted by atomic mass is 79.9. The Morgan fingerprint density at radius 1 is 1.21 bits per heavy atom. The van der Waals surface area contributed by atoms with Gasteiger partial charge in [0, 0.05) is 48.3 Å². The van der Waals surface area contributed by atoms with Crippen LogP contribution in [0.4, 0.5) is 5.82 Å². The molecule has 0 unspecified atom stereocenters. The summed E-state index contributed by atoms with van der Waals surface area (Å²) in [5.41, 5.74) is 13.4. The number of pyridine rings is 1. The molecule has 0 bridgehead atoms. The number of nitrogens with one attached hydrogen (secondary N) is 1. The maximum absolute atomic E-state index is 5.66. The Balaban J connectivity index is 1.63. The van der Waals surface area contributed by atoms with Crippen LogP contribution in [0.2, 0.25) is 0 Å². The molecule has 6 heteroatoms. The predicted molar refractivity (Wildman–Crippen MR) is 122 cm³/mol. The topological polar surface area (TPSA) is 54.2 Å². The number of nitrogens with zero attached hydrogens (tertiary/aromatic N) is 2. The van der Waals surface area contributed by atoms with Gasteiger partial charge in [-0.05, 0) is 70.7 Å². The first-order chi connectivity index (χ1) is 13.6. The number of hydrogen-bond acceptors (Lipinski definition) is 5. The normalized spacial score (nSPS) is 12.3. The van der Waals surface area contributed by atoms with Crippen LogP contribution in [-0.4, -0.2) is 43.1 Å². The van der Waals surface area contributed by atoms with E-state index in [1.807, 2.05) is 0 Å². The highest BCUT2D eigenvalue weighted by Crippen LogP contribution is 2.42. The fraction of sp³-hybridized carbons (Fsp3) is 0.318. The number of anilines is 1. The molecule has 0 radical (unpaired) electrons. The highest BCUT2D eigenvalue weighted by molar-refractivity contribution is 9.10. The van der Waals surface area contributed by atoms with E-state index in [-0.39, 0.29) is 0 Å². The van der Waals surface area contributed by atoms with Crippen LogP contribution >= 0.6 is 27.3 Å². The van der Waals surface area contributed by atoms with Crippen molar-refractivity contribution in [3.8, 4) is 11.1 Å². The number of thiophene rings is 1. The molecule has 0 fully saturated rings. The summed E-state index contributed by atoms with van der Waals surface area (Å²) < 4.78 is 1.13. The van der Waals surface area contributed by atoms with Crippen molar-refractivity contribution < 1.29 is 0 Å². The summed E-state index contributed by atoms with van der Waals surface area (Å²) in [6, 6.07) is 11.0. The van der Waals surface area contributed by atoms with E-state index >= 15 is 0 Å². The standard InChI is InChI=1S/C22H25BrN4S/c1-27(7-5-24)8-6-25-22-21-17(11-16-12-18(23)2-3-20(16)21)13-19(26-22)10-15-4-9-28-14-15/h2-4,9,12-14H,5-8,10-11,24H2,1H3,(H,25,26). The average molecular weight is 457 g/mol. The molecule has 3 N–H and O–H groups in total. The average Bonchev–Trinajstić information content (AvgIpc) is 3.28. The van der Waals surface area contributed by atoms with Crippen LogP contribution in [0.5, 0.6) is 0 Å². The molecule has 146 valence electrons. The maximum Gasteiger partial charge on any atom is 0.134 e. The zero-order valence-corrected chi connectivity index (χ0v) is 18.4. The second kappa shape index (κ2) is 8.74. The van der Waals surface area contributed by atoms with Gasteiger partial charge in [0.25, 0.3) is 0 Å². The van der Waals surface area contributed by atoms with E-state index in [0.717, 1.165) is 48.5 Å². The van der Waals surface area contributed by atoms with Gasteiger partial charge in [-0.2, -0.15) is 11.3 Å². The van der Waals surface area contributed by atoms with Crippen molar-refractivity contribution in [2.75, 3.05) is 38.5 Å². The third-order valence-electron chi connectivity index (χ3n) is 5.13.